The first-order chi connectivity index (χ1) is 9.45. The molecule has 0 spiro atoms. The van der Waals surface area contributed by atoms with E-state index in [4.69, 9.17) is 4.74 Å². The van der Waals surface area contributed by atoms with E-state index in [0.29, 0.717) is 24.6 Å². The molecule has 0 bridgehead atoms. The van der Waals surface area contributed by atoms with Crippen LogP contribution in [0.2, 0.25) is 0 Å². The maximum absolute atomic E-state index is 12.7. The molecular weight excluding hydrogens is 342 g/mol. The SMILES string of the molecule is COCC1=CCN(S(=O)(=O)c2cc(Br)ccc2C)CC1. The highest BCUT2D eigenvalue weighted by atomic mass is 79.9. The van der Waals surface area contributed by atoms with E-state index in [2.05, 4.69) is 15.9 Å². The molecule has 6 heteroatoms. The summed E-state index contributed by atoms with van der Waals surface area (Å²) in [7, 11) is -1.79. The van der Waals surface area contributed by atoms with Crippen LogP contribution in [0.3, 0.4) is 0 Å². The van der Waals surface area contributed by atoms with Gasteiger partial charge in [0.05, 0.1) is 11.5 Å². The lowest BCUT2D eigenvalue weighted by atomic mass is 10.1. The van der Waals surface area contributed by atoms with Crippen LogP contribution in [0.5, 0.6) is 0 Å². The Morgan fingerprint density at radius 1 is 1.40 bits per heavy atom. The first-order valence-corrected chi connectivity index (χ1v) is 8.61. The molecule has 1 aliphatic heterocycles. The summed E-state index contributed by atoms with van der Waals surface area (Å²) >= 11 is 3.33. The summed E-state index contributed by atoms with van der Waals surface area (Å²) in [6, 6.07) is 5.33. The van der Waals surface area contributed by atoms with Crippen molar-refractivity contribution >= 4 is 26.0 Å². The van der Waals surface area contributed by atoms with E-state index in [1.807, 2.05) is 25.1 Å². The second-order valence-electron chi connectivity index (χ2n) is 4.82. The summed E-state index contributed by atoms with van der Waals surface area (Å²) in [6.45, 7) is 3.30. The number of benzene rings is 1. The van der Waals surface area contributed by atoms with Crippen molar-refractivity contribution in [3.05, 3.63) is 39.9 Å². The second-order valence-corrected chi connectivity index (χ2v) is 7.64. The minimum Gasteiger partial charge on any atom is -0.380 e. The number of nitrogens with zero attached hydrogens (tertiary/aromatic N) is 1. The van der Waals surface area contributed by atoms with Crippen molar-refractivity contribution in [2.45, 2.75) is 18.2 Å². The summed E-state index contributed by atoms with van der Waals surface area (Å²) in [5, 5.41) is 0. The third-order valence-corrected chi connectivity index (χ3v) is 5.86. The lowest BCUT2D eigenvalue weighted by Gasteiger charge is -2.26. The molecule has 0 aromatic heterocycles. The Morgan fingerprint density at radius 2 is 2.15 bits per heavy atom. The zero-order chi connectivity index (χ0) is 14.8. The van der Waals surface area contributed by atoms with Gasteiger partial charge in [-0.2, -0.15) is 4.31 Å². The molecule has 0 saturated carbocycles. The van der Waals surface area contributed by atoms with Gasteiger partial charge in [-0.25, -0.2) is 8.42 Å². The van der Waals surface area contributed by atoms with E-state index in [-0.39, 0.29) is 0 Å². The molecule has 1 heterocycles. The lowest BCUT2D eigenvalue weighted by Crippen LogP contribution is -2.35. The number of ether oxygens (including phenoxy) is 1. The maximum Gasteiger partial charge on any atom is 0.243 e. The van der Waals surface area contributed by atoms with E-state index in [1.165, 1.54) is 4.31 Å². The van der Waals surface area contributed by atoms with Crippen molar-refractivity contribution in [2.24, 2.45) is 0 Å². The van der Waals surface area contributed by atoms with Crippen LogP contribution in [0, 0.1) is 6.92 Å². The van der Waals surface area contributed by atoms with Crippen LogP contribution < -0.4 is 0 Å². The van der Waals surface area contributed by atoms with Gasteiger partial charge in [0.1, 0.15) is 0 Å². The fourth-order valence-electron chi connectivity index (χ4n) is 2.22. The van der Waals surface area contributed by atoms with Crippen molar-refractivity contribution in [2.75, 3.05) is 26.8 Å². The van der Waals surface area contributed by atoms with Crippen LogP contribution >= 0.6 is 15.9 Å². The van der Waals surface area contributed by atoms with Crippen molar-refractivity contribution in [1.82, 2.24) is 4.31 Å². The van der Waals surface area contributed by atoms with Gasteiger partial charge < -0.3 is 4.74 Å². The van der Waals surface area contributed by atoms with Crippen LogP contribution in [-0.2, 0) is 14.8 Å². The molecule has 1 aromatic carbocycles. The number of halogens is 1. The standard InChI is InChI=1S/C14H18BrNO3S/c1-11-3-4-13(15)9-14(11)20(17,18)16-7-5-12(6-8-16)10-19-2/h3-5,9H,6-8,10H2,1-2H3. The first kappa shape index (κ1) is 15.7. The molecule has 20 heavy (non-hydrogen) atoms. The molecule has 0 N–H and O–H groups in total. The topological polar surface area (TPSA) is 46.6 Å². The molecule has 0 aliphatic carbocycles. The molecule has 110 valence electrons. The molecule has 0 fully saturated rings. The highest BCUT2D eigenvalue weighted by Gasteiger charge is 2.27. The molecule has 1 aromatic rings. The van der Waals surface area contributed by atoms with E-state index in [0.717, 1.165) is 22.0 Å². The molecule has 0 amide bonds. The van der Waals surface area contributed by atoms with Gasteiger partial charge in [0.25, 0.3) is 0 Å². The third-order valence-electron chi connectivity index (χ3n) is 3.36. The largest absolute Gasteiger partial charge is 0.380 e. The van der Waals surface area contributed by atoms with Gasteiger partial charge in [-0.3, -0.25) is 0 Å². The van der Waals surface area contributed by atoms with Gasteiger partial charge in [-0.05, 0) is 36.6 Å². The minimum atomic E-state index is -3.44. The number of sulfonamides is 1. The van der Waals surface area contributed by atoms with Crippen LogP contribution in [-0.4, -0.2) is 39.5 Å². The molecule has 1 aliphatic rings. The molecule has 0 saturated heterocycles. The predicted molar refractivity (Wildman–Crippen MR) is 82.2 cm³/mol. The van der Waals surface area contributed by atoms with Crippen molar-refractivity contribution < 1.29 is 13.2 Å². The minimum absolute atomic E-state index is 0.371. The lowest BCUT2D eigenvalue weighted by molar-refractivity contribution is 0.219. The summed E-state index contributed by atoms with van der Waals surface area (Å²) in [6.07, 6.45) is 2.66. The number of aryl methyl sites for hydroxylation is 1. The molecular formula is C14H18BrNO3S. The predicted octanol–water partition coefficient (Wildman–Crippen LogP) is 2.72. The highest BCUT2D eigenvalue weighted by Crippen LogP contribution is 2.25. The summed E-state index contributed by atoms with van der Waals surface area (Å²) in [5.74, 6) is 0. The Labute approximate surface area is 128 Å². The fourth-order valence-corrected chi connectivity index (χ4v) is 4.36. The zero-order valence-electron chi connectivity index (χ0n) is 11.6. The Kier molecular flexibility index (Phi) is 5.01. The normalized spacial score (nSPS) is 17.1. The number of rotatable bonds is 4. The van der Waals surface area contributed by atoms with Gasteiger partial charge in [-0.15, -0.1) is 0 Å². The maximum atomic E-state index is 12.7. The van der Waals surface area contributed by atoms with E-state index in [9.17, 15) is 8.42 Å². The average molecular weight is 360 g/mol. The number of hydrogen-bond donors (Lipinski definition) is 0. The average Bonchev–Trinajstić information content (AvgIpc) is 2.42. The summed E-state index contributed by atoms with van der Waals surface area (Å²) in [5.41, 5.74) is 1.92. The summed E-state index contributed by atoms with van der Waals surface area (Å²) in [4.78, 5) is 0.371. The van der Waals surface area contributed by atoms with Gasteiger partial charge >= 0.3 is 0 Å². The zero-order valence-corrected chi connectivity index (χ0v) is 14.0. The molecule has 2 rings (SSSR count). The van der Waals surface area contributed by atoms with Gasteiger partial charge in [0, 0.05) is 24.7 Å². The van der Waals surface area contributed by atoms with Crippen LogP contribution in [0.15, 0.2) is 39.2 Å². The highest BCUT2D eigenvalue weighted by molar-refractivity contribution is 9.10. The molecule has 0 radical (unpaired) electrons. The smallest absolute Gasteiger partial charge is 0.243 e. The van der Waals surface area contributed by atoms with E-state index >= 15 is 0 Å². The van der Waals surface area contributed by atoms with Crippen LogP contribution in [0.25, 0.3) is 0 Å². The van der Waals surface area contributed by atoms with Crippen LogP contribution in [0.1, 0.15) is 12.0 Å². The first-order valence-electron chi connectivity index (χ1n) is 6.38. The third kappa shape index (κ3) is 3.31. The van der Waals surface area contributed by atoms with Gasteiger partial charge in [0.2, 0.25) is 10.0 Å². The summed E-state index contributed by atoms with van der Waals surface area (Å²) < 4.78 is 32.7. The quantitative estimate of drug-likeness (QED) is 0.776. The van der Waals surface area contributed by atoms with E-state index in [1.54, 1.807) is 13.2 Å². The van der Waals surface area contributed by atoms with Gasteiger partial charge in [0.15, 0.2) is 0 Å². The van der Waals surface area contributed by atoms with Crippen molar-refractivity contribution in [1.29, 1.82) is 0 Å². The Bertz CT molecular complexity index is 625. The molecule has 4 nitrogen and oxygen atoms in total. The Morgan fingerprint density at radius 3 is 2.75 bits per heavy atom. The monoisotopic (exact) mass is 359 g/mol. The Balaban J connectivity index is 2.26. The van der Waals surface area contributed by atoms with Crippen molar-refractivity contribution in [3.8, 4) is 0 Å². The number of hydrogen-bond acceptors (Lipinski definition) is 3. The number of methoxy groups -OCH3 is 1. The van der Waals surface area contributed by atoms with Crippen molar-refractivity contribution in [3.63, 3.8) is 0 Å². The van der Waals surface area contributed by atoms with Crippen LogP contribution in [0.4, 0.5) is 0 Å². The second kappa shape index (κ2) is 6.39. The fraction of sp³-hybridized carbons (Fsp3) is 0.429. The van der Waals surface area contributed by atoms with E-state index < -0.39 is 10.0 Å². The van der Waals surface area contributed by atoms with Gasteiger partial charge in [-0.1, -0.05) is 28.1 Å². The Hall–Kier alpha value is -0.690. The molecule has 0 unspecified atom stereocenters. The molecule has 0 atom stereocenters.